The Kier molecular flexibility index (Phi) is 5.07. The van der Waals surface area contributed by atoms with Crippen LogP contribution in [0, 0.1) is 0 Å². The van der Waals surface area contributed by atoms with E-state index in [0.717, 1.165) is 25.8 Å². The van der Waals surface area contributed by atoms with Gasteiger partial charge in [0.2, 0.25) is 0 Å². The highest BCUT2D eigenvalue weighted by molar-refractivity contribution is 9.10. The van der Waals surface area contributed by atoms with Crippen molar-refractivity contribution in [1.29, 1.82) is 0 Å². The quantitative estimate of drug-likeness (QED) is 0.760. The third kappa shape index (κ3) is 3.53. The van der Waals surface area contributed by atoms with Crippen LogP contribution in [0.15, 0.2) is 45.3 Å². The lowest BCUT2D eigenvalue weighted by molar-refractivity contribution is 0.179. The Labute approximate surface area is 135 Å². The van der Waals surface area contributed by atoms with Gasteiger partial charge in [-0.2, -0.15) is 0 Å². The minimum atomic E-state index is -0.646. The molecule has 0 saturated heterocycles. The van der Waals surface area contributed by atoms with Gasteiger partial charge in [0.05, 0.1) is 17.7 Å². The summed E-state index contributed by atoms with van der Waals surface area (Å²) in [6, 6.07) is 11.2. The Morgan fingerprint density at radius 1 is 1.20 bits per heavy atom. The third-order valence-electron chi connectivity index (χ3n) is 3.05. The van der Waals surface area contributed by atoms with Gasteiger partial charge in [0, 0.05) is 22.1 Å². The van der Waals surface area contributed by atoms with Crippen molar-refractivity contribution in [2.24, 2.45) is 0 Å². The number of hydrogen-bond donors (Lipinski definition) is 2. The smallest absolute Gasteiger partial charge is 0.133 e. The first-order chi connectivity index (χ1) is 9.51. The number of methoxy groups -OCH3 is 1. The molecule has 0 aromatic heterocycles. The van der Waals surface area contributed by atoms with Crippen molar-refractivity contribution >= 4 is 37.5 Å². The van der Waals surface area contributed by atoms with Crippen molar-refractivity contribution in [2.75, 3.05) is 12.8 Å². The molecule has 20 heavy (non-hydrogen) atoms. The van der Waals surface area contributed by atoms with E-state index in [1.54, 1.807) is 13.2 Å². The summed E-state index contributed by atoms with van der Waals surface area (Å²) < 4.78 is 6.96. The van der Waals surface area contributed by atoms with E-state index in [2.05, 4.69) is 31.9 Å². The average Bonchev–Trinajstić information content (AvgIpc) is 2.41. The Morgan fingerprint density at radius 3 is 2.60 bits per heavy atom. The molecule has 3 nitrogen and oxygen atoms in total. The van der Waals surface area contributed by atoms with Crippen molar-refractivity contribution in [2.45, 2.75) is 12.5 Å². The molecule has 2 aromatic carbocycles. The zero-order chi connectivity index (χ0) is 14.7. The van der Waals surface area contributed by atoms with E-state index < -0.39 is 6.10 Å². The first kappa shape index (κ1) is 15.4. The molecule has 0 heterocycles. The van der Waals surface area contributed by atoms with E-state index >= 15 is 0 Å². The Hall–Kier alpha value is -1.04. The molecule has 1 unspecified atom stereocenters. The van der Waals surface area contributed by atoms with Crippen molar-refractivity contribution in [3.63, 3.8) is 0 Å². The molecule has 0 aliphatic carbocycles. The summed E-state index contributed by atoms with van der Waals surface area (Å²) in [7, 11) is 1.62. The second kappa shape index (κ2) is 6.61. The highest BCUT2D eigenvalue weighted by Crippen LogP contribution is 2.30. The van der Waals surface area contributed by atoms with E-state index in [4.69, 9.17) is 10.5 Å². The Bertz CT molecular complexity index is 617. The summed E-state index contributed by atoms with van der Waals surface area (Å²) in [5.74, 6) is 0.769. The lowest BCUT2D eigenvalue weighted by Gasteiger charge is -2.15. The number of aliphatic hydroxyl groups is 1. The van der Waals surface area contributed by atoms with Crippen LogP contribution in [0.5, 0.6) is 5.75 Å². The van der Waals surface area contributed by atoms with E-state index in [-0.39, 0.29) is 0 Å². The van der Waals surface area contributed by atoms with Gasteiger partial charge in [-0.1, -0.05) is 22.0 Å². The summed E-state index contributed by atoms with van der Waals surface area (Å²) >= 11 is 6.83. The van der Waals surface area contributed by atoms with E-state index in [1.807, 2.05) is 30.3 Å². The number of anilines is 1. The second-order valence-corrected chi connectivity index (χ2v) is 6.23. The minimum Gasteiger partial charge on any atom is -0.496 e. The molecule has 0 amide bonds. The number of ether oxygens (including phenoxy) is 1. The van der Waals surface area contributed by atoms with Crippen molar-refractivity contribution < 1.29 is 9.84 Å². The standard InChI is InChI=1S/C15H15Br2NO2/c1-20-15-5-2-9(6-12(15)17)7-14(19)11-8-10(16)3-4-13(11)18/h2-6,8,14,19H,7,18H2,1H3. The summed E-state index contributed by atoms with van der Waals surface area (Å²) in [5, 5.41) is 10.3. The first-order valence-electron chi connectivity index (χ1n) is 6.06. The topological polar surface area (TPSA) is 55.5 Å². The lowest BCUT2D eigenvalue weighted by Crippen LogP contribution is -2.05. The monoisotopic (exact) mass is 399 g/mol. The van der Waals surface area contributed by atoms with Gasteiger partial charge in [0.15, 0.2) is 0 Å². The fraction of sp³-hybridized carbons (Fsp3) is 0.200. The van der Waals surface area contributed by atoms with E-state index in [9.17, 15) is 5.11 Å². The van der Waals surface area contributed by atoms with Gasteiger partial charge in [0.1, 0.15) is 5.75 Å². The number of halogens is 2. The first-order valence-corrected chi connectivity index (χ1v) is 7.65. The Morgan fingerprint density at radius 2 is 1.95 bits per heavy atom. The summed E-state index contributed by atoms with van der Waals surface area (Å²) in [6.45, 7) is 0. The predicted molar refractivity (Wildman–Crippen MR) is 87.9 cm³/mol. The molecule has 0 saturated carbocycles. The molecule has 2 rings (SSSR count). The molecule has 3 N–H and O–H groups in total. The second-order valence-electron chi connectivity index (χ2n) is 4.46. The highest BCUT2D eigenvalue weighted by Gasteiger charge is 2.13. The molecule has 0 aliphatic rings. The molecule has 0 bridgehead atoms. The zero-order valence-electron chi connectivity index (χ0n) is 10.9. The Balaban J connectivity index is 2.21. The molecule has 2 aromatic rings. The molecule has 106 valence electrons. The number of rotatable bonds is 4. The van der Waals surface area contributed by atoms with Crippen LogP contribution in [0.2, 0.25) is 0 Å². The van der Waals surface area contributed by atoms with Gasteiger partial charge < -0.3 is 15.6 Å². The maximum absolute atomic E-state index is 10.3. The number of benzene rings is 2. The fourth-order valence-corrected chi connectivity index (χ4v) is 2.97. The van der Waals surface area contributed by atoms with Crippen LogP contribution in [-0.4, -0.2) is 12.2 Å². The largest absolute Gasteiger partial charge is 0.496 e. The van der Waals surface area contributed by atoms with Crippen LogP contribution in [-0.2, 0) is 6.42 Å². The molecule has 5 heteroatoms. The van der Waals surface area contributed by atoms with Gasteiger partial charge in [0.25, 0.3) is 0 Å². The number of nitrogen functional groups attached to an aromatic ring is 1. The number of aliphatic hydroxyl groups excluding tert-OH is 1. The molecule has 0 aliphatic heterocycles. The van der Waals surface area contributed by atoms with Crippen LogP contribution in [0.1, 0.15) is 17.2 Å². The van der Waals surface area contributed by atoms with Crippen LogP contribution >= 0.6 is 31.9 Å². The molecule has 0 spiro atoms. The predicted octanol–water partition coefficient (Wildman–Crippen LogP) is 4.08. The summed E-state index contributed by atoms with van der Waals surface area (Å²) in [4.78, 5) is 0. The number of nitrogens with two attached hydrogens (primary N) is 1. The number of hydrogen-bond acceptors (Lipinski definition) is 3. The normalized spacial score (nSPS) is 12.2. The van der Waals surface area contributed by atoms with E-state index in [0.29, 0.717) is 12.1 Å². The van der Waals surface area contributed by atoms with Gasteiger partial charge in [-0.05, 0) is 51.8 Å². The minimum absolute atomic E-state index is 0.489. The van der Waals surface area contributed by atoms with Crippen LogP contribution in [0.4, 0.5) is 5.69 Å². The van der Waals surface area contributed by atoms with Crippen LogP contribution in [0.3, 0.4) is 0 Å². The zero-order valence-corrected chi connectivity index (χ0v) is 14.1. The van der Waals surface area contributed by atoms with Gasteiger partial charge in [-0.3, -0.25) is 0 Å². The average molecular weight is 401 g/mol. The third-order valence-corrected chi connectivity index (χ3v) is 4.17. The summed E-state index contributed by atoms with van der Waals surface area (Å²) in [6.07, 6.45) is -0.156. The maximum atomic E-state index is 10.3. The van der Waals surface area contributed by atoms with E-state index in [1.165, 1.54) is 0 Å². The molecular formula is C15H15Br2NO2. The van der Waals surface area contributed by atoms with Crippen molar-refractivity contribution in [3.05, 3.63) is 56.5 Å². The molecule has 1 atom stereocenters. The molecule has 0 fully saturated rings. The van der Waals surface area contributed by atoms with Gasteiger partial charge in [-0.25, -0.2) is 0 Å². The SMILES string of the molecule is COc1ccc(CC(O)c2cc(Br)ccc2N)cc1Br. The van der Waals surface area contributed by atoms with Crippen LogP contribution < -0.4 is 10.5 Å². The van der Waals surface area contributed by atoms with Crippen LogP contribution in [0.25, 0.3) is 0 Å². The summed E-state index contributed by atoms with van der Waals surface area (Å²) in [5.41, 5.74) is 8.23. The molecular weight excluding hydrogens is 386 g/mol. The van der Waals surface area contributed by atoms with Gasteiger partial charge in [-0.15, -0.1) is 0 Å². The fourth-order valence-electron chi connectivity index (χ4n) is 2.00. The maximum Gasteiger partial charge on any atom is 0.133 e. The lowest BCUT2D eigenvalue weighted by atomic mass is 10.00. The van der Waals surface area contributed by atoms with Gasteiger partial charge >= 0.3 is 0 Å². The molecule has 0 radical (unpaired) electrons. The highest BCUT2D eigenvalue weighted by atomic mass is 79.9. The van der Waals surface area contributed by atoms with Crippen molar-refractivity contribution in [1.82, 2.24) is 0 Å². The van der Waals surface area contributed by atoms with Crippen molar-refractivity contribution in [3.8, 4) is 5.75 Å².